The fraction of sp³-hybridized carbons (Fsp3) is 0.250. The zero-order valence-corrected chi connectivity index (χ0v) is 10.7. The lowest BCUT2D eigenvalue weighted by atomic mass is 10.2. The van der Waals surface area contributed by atoms with Gasteiger partial charge in [-0.25, -0.2) is 0 Å². The zero-order valence-electron chi connectivity index (χ0n) is 9.90. The van der Waals surface area contributed by atoms with E-state index in [-0.39, 0.29) is 10.6 Å². The number of benzene rings is 1. The average molecular weight is 266 g/mol. The monoisotopic (exact) mass is 266 g/mol. The molecule has 2 rings (SSSR count). The van der Waals surface area contributed by atoms with Gasteiger partial charge in [0, 0.05) is 24.2 Å². The number of aromatic nitrogens is 1. The summed E-state index contributed by atoms with van der Waals surface area (Å²) in [5.41, 5.74) is 1.81. The van der Waals surface area contributed by atoms with Gasteiger partial charge in [0.1, 0.15) is 0 Å². The fourth-order valence-electron chi connectivity index (χ4n) is 1.59. The molecule has 0 saturated heterocycles. The summed E-state index contributed by atoms with van der Waals surface area (Å²) >= 11 is 1.15. The van der Waals surface area contributed by atoms with Crippen molar-refractivity contribution in [1.82, 2.24) is 10.3 Å². The molecule has 0 aliphatic carbocycles. The molecule has 0 fully saturated rings. The number of nitrogens with one attached hydrogen (secondary N) is 2. The van der Waals surface area contributed by atoms with Crippen LogP contribution in [0.4, 0.5) is 0 Å². The van der Waals surface area contributed by atoms with E-state index in [4.69, 9.17) is 4.74 Å². The first-order valence-corrected chi connectivity index (χ1v) is 6.30. The van der Waals surface area contributed by atoms with Crippen molar-refractivity contribution in [1.29, 1.82) is 0 Å². The molecule has 0 bridgehead atoms. The first-order chi connectivity index (χ1) is 8.69. The standard InChI is InChI=1S/C12H14N2O3S/c1-17-11-3-2-8(4-10(11)15)5-13-6-9-7-18-12(16)14-9/h2-4,7,13,15H,5-6H2,1H3,(H,14,16). The van der Waals surface area contributed by atoms with Gasteiger partial charge < -0.3 is 20.1 Å². The SMILES string of the molecule is COc1ccc(CNCc2csc(=O)[nH]2)cc1O. The van der Waals surface area contributed by atoms with Crippen LogP contribution >= 0.6 is 11.3 Å². The summed E-state index contributed by atoms with van der Waals surface area (Å²) in [6.07, 6.45) is 0. The first kappa shape index (κ1) is 12.7. The Morgan fingerprint density at radius 3 is 2.89 bits per heavy atom. The average Bonchev–Trinajstić information content (AvgIpc) is 2.75. The largest absolute Gasteiger partial charge is 0.504 e. The second kappa shape index (κ2) is 5.70. The normalized spacial score (nSPS) is 10.5. The van der Waals surface area contributed by atoms with Crippen molar-refractivity contribution >= 4 is 11.3 Å². The number of aromatic hydroxyl groups is 1. The van der Waals surface area contributed by atoms with E-state index in [0.29, 0.717) is 18.8 Å². The third kappa shape index (κ3) is 3.12. The van der Waals surface area contributed by atoms with Crippen molar-refractivity contribution in [2.75, 3.05) is 7.11 Å². The van der Waals surface area contributed by atoms with Crippen molar-refractivity contribution in [3.05, 3.63) is 44.5 Å². The van der Waals surface area contributed by atoms with E-state index in [0.717, 1.165) is 22.6 Å². The molecule has 0 radical (unpaired) electrons. The first-order valence-electron chi connectivity index (χ1n) is 5.42. The molecule has 1 heterocycles. The molecule has 0 aliphatic rings. The van der Waals surface area contributed by atoms with Gasteiger partial charge in [0.25, 0.3) is 0 Å². The maximum atomic E-state index is 10.9. The predicted octanol–water partition coefficient (Wildman–Crippen LogP) is 1.44. The Labute approximate surface area is 108 Å². The summed E-state index contributed by atoms with van der Waals surface area (Å²) in [5, 5.41) is 14.6. The molecule has 0 amide bonds. The topological polar surface area (TPSA) is 74.3 Å². The van der Waals surface area contributed by atoms with Gasteiger partial charge in [0.15, 0.2) is 11.5 Å². The van der Waals surface area contributed by atoms with Crippen molar-refractivity contribution < 1.29 is 9.84 Å². The summed E-state index contributed by atoms with van der Waals surface area (Å²) in [5.74, 6) is 0.585. The van der Waals surface area contributed by atoms with Gasteiger partial charge in [-0.1, -0.05) is 17.4 Å². The van der Waals surface area contributed by atoms with E-state index in [2.05, 4.69) is 10.3 Å². The number of methoxy groups -OCH3 is 1. The lowest BCUT2D eigenvalue weighted by molar-refractivity contribution is 0.373. The highest BCUT2D eigenvalue weighted by Crippen LogP contribution is 2.25. The Kier molecular flexibility index (Phi) is 4.01. The van der Waals surface area contributed by atoms with E-state index in [1.807, 2.05) is 6.07 Å². The third-order valence-corrected chi connectivity index (χ3v) is 3.18. The summed E-state index contributed by atoms with van der Waals surface area (Å²) in [4.78, 5) is 13.6. The van der Waals surface area contributed by atoms with Crippen LogP contribution in [-0.2, 0) is 13.1 Å². The Balaban J connectivity index is 1.90. The summed E-state index contributed by atoms with van der Waals surface area (Å²) < 4.78 is 4.97. The molecule has 2 aromatic rings. The van der Waals surface area contributed by atoms with Crippen LogP contribution in [0.5, 0.6) is 11.5 Å². The molecule has 0 saturated carbocycles. The predicted molar refractivity (Wildman–Crippen MR) is 70.1 cm³/mol. The lowest BCUT2D eigenvalue weighted by Gasteiger charge is -2.07. The van der Waals surface area contributed by atoms with Crippen LogP contribution < -0.4 is 14.9 Å². The number of H-pyrrole nitrogens is 1. The van der Waals surface area contributed by atoms with Crippen LogP contribution in [-0.4, -0.2) is 17.2 Å². The van der Waals surface area contributed by atoms with E-state index >= 15 is 0 Å². The summed E-state index contributed by atoms with van der Waals surface area (Å²) in [6, 6.07) is 5.25. The molecule has 18 heavy (non-hydrogen) atoms. The molecule has 0 spiro atoms. The molecule has 96 valence electrons. The second-order valence-corrected chi connectivity index (χ2v) is 4.63. The lowest BCUT2D eigenvalue weighted by Crippen LogP contribution is -2.13. The Bertz CT molecular complexity index is 577. The highest BCUT2D eigenvalue weighted by molar-refractivity contribution is 7.07. The van der Waals surface area contributed by atoms with Gasteiger partial charge in [0.05, 0.1) is 7.11 Å². The fourth-order valence-corrected chi connectivity index (χ4v) is 2.17. The van der Waals surface area contributed by atoms with Gasteiger partial charge in [-0.15, -0.1) is 0 Å². The molecule has 1 aromatic carbocycles. The Hall–Kier alpha value is -1.79. The van der Waals surface area contributed by atoms with Crippen LogP contribution in [0.15, 0.2) is 28.4 Å². The Morgan fingerprint density at radius 1 is 1.44 bits per heavy atom. The van der Waals surface area contributed by atoms with E-state index < -0.39 is 0 Å². The van der Waals surface area contributed by atoms with Crippen LogP contribution in [0.1, 0.15) is 11.3 Å². The van der Waals surface area contributed by atoms with E-state index in [1.165, 1.54) is 7.11 Å². The maximum absolute atomic E-state index is 10.9. The zero-order chi connectivity index (χ0) is 13.0. The minimum Gasteiger partial charge on any atom is -0.504 e. The van der Waals surface area contributed by atoms with E-state index in [9.17, 15) is 9.90 Å². The number of ether oxygens (including phenoxy) is 1. The molecular formula is C12H14N2O3S. The number of hydrogen-bond donors (Lipinski definition) is 3. The minimum absolute atomic E-state index is 0.0473. The smallest absolute Gasteiger partial charge is 0.304 e. The van der Waals surface area contributed by atoms with Crippen molar-refractivity contribution in [3.8, 4) is 11.5 Å². The van der Waals surface area contributed by atoms with Gasteiger partial charge in [0.2, 0.25) is 0 Å². The Morgan fingerprint density at radius 2 is 2.28 bits per heavy atom. The second-order valence-electron chi connectivity index (χ2n) is 3.78. The highest BCUT2D eigenvalue weighted by atomic mass is 32.1. The number of phenolic OH excluding ortho intramolecular Hbond substituents is 1. The maximum Gasteiger partial charge on any atom is 0.304 e. The molecule has 0 unspecified atom stereocenters. The number of thiazole rings is 1. The van der Waals surface area contributed by atoms with Gasteiger partial charge in [-0.3, -0.25) is 4.79 Å². The number of phenols is 1. The quantitative estimate of drug-likeness (QED) is 0.765. The van der Waals surface area contributed by atoms with Gasteiger partial charge >= 0.3 is 4.87 Å². The van der Waals surface area contributed by atoms with Crippen LogP contribution in [0, 0.1) is 0 Å². The summed E-state index contributed by atoms with van der Waals surface area (Å²) in [6.45, 7) is 1.20. The molecule has 3 N–H and O–H groups in total. The van der Waals surface area contributed by atoms with Gasteiger partial charge in [-0.05, 0) is 17.7 Å². The number of hydrogen-bond acceptors (Lipinski definition) is 5. The van der Waals surface area contributed by atoms with Crippen molar-refractivity contribution in [2.45, 2.75) is 13.1 Å². The molecule has 0 aliphatic heterocycles. The molecule has 6 heteroatoms. The highest BCUT2D eigenvalue weighted by Gasteiger charge is 2.02. The minimum atomic E-state index is -0.0473. The van der Waals surface area contributed by atoms with Crippen LogP contribution in [0.3, 0.4) is 0 Å². The number of aromatic amines is 1. The third-order valence-electron chi connectivity index (χ3n) is 2.46. The van der Waals surface area contributed by atoms with Crippen molar-refractivity contribution in [2.24, 2.45) is 0 Å². The van der Waals surface area contributed by atoms with Gasteiger partial charge in [-0.2, -0.15) is 0 Å². The molecular weight excluding hydrogens is 252 g/mol. The van der Waals surface area contributed by atoms with Crippen LogP contribution in [0.2, 0.25) is 0 Å². The van der Waals surface area contributed by atoms with Crippen LogP contribution in [0.25, 0.3) is 0 Å². The molecule has 5 nitrogen and oxygen atoms in total. The molecule has 1 aromatic heterocycles. The van der Waals surface area contributed by atoms with Crippen molar-refractivity contribution in [3.63, 3.8) is 0 Å². The number of rotatable bonds is 5. The summed E-state index contributed by atoms with van der Waals surface area (Å²) in [7, 11) is 1.51. The van der Waals surface area contributed by atoms with E-state index in [1.54, 1.807) is 17.5 Å². The molecule has 0 atom stereocenters.